The second kappa shape index (κ2) is 7.70. The molecule has 0 aliphatic carbocycles. The number of benzene rings is 2. The van der Waals surface area contributed by atoms with Crippen LogP contribution >= 0.6 is 0 Å². The van der Waals surface area contributed by atoms with Crippen LogP contribution in [0.2, 0.25) is 0 Å². The van der Waals surface area contributed by atoms with Crippen molar-refractivity contribution in [2.24, 2.45) is 0 Å². The maximum atomic E-state index is 12.3. The van der Waals surface area contributed by atoms with Crippen molar-refractivity contribution in [1.29, 1.82) is 0 Å². The molecule has 1 aliphatic rings. The van der Waals surface area contributed by atoms with E-state index in [1.807, 2.05) is 59.4 Å². The smallest absolute Gasteiger partial charge is 0.228 e. The van der Waals surface area contributed by atoms with E-state index in [0.29, 0.717) is 6.42 Å². The van der Waals surface area contributed by atoms with E-state index in [4.69, 9.17) is 0 Å². The molecule has 1 aliphatic heterocycles. The van der Waals surface area contributed by atoms with Crippen LogP contribution in [-0.2, 0) is 17.8 Å². The molecule has 1 amide bonds. The Morgan fingerprint density at radius 2 is 1.85 bits per heavy atom. The van der Waals surface area contributed by atoms with E-state index in [9.17, 15) is 4.79 Å². The molecule has 1 N–H and O–H groups in total. The van der Waals surface area contributed by atoms with Gasteiger partial charge in [0.05, 0.1) is 24.7 Å². The Morgan fingerprint density at radius 3 is 2.65 bits per heavy atom. The highest BCUT2D eigenvalue weighted by atomic mass is 16.1. The molecular weight excluding hydrogens is 324 g/mol. The van der Waals surface area contributed by atoms with Crippen LogP contribution in [0.4, 0.5) is 5.69 Å². The van der Waals surface area contributed by atoms with Crippen LogP contribution in [-0.4, -0.2) is 40.2 Å². The van der Waals surface area contributed by atoms with Gasteiger partial charge in [0.15, 0.2) is 0 Å². The summed E-state index contributed by atoms with van der Waals surface area (Å²) in [6.07, 6.45) is 4.89. The van der Waals surface area contributed by atoms with Crippen molar-refractivity contribution >= 4 is 22.5 Å². The minimum absolute atomic E-state index is 0.00122. The van der Waals surface area contributed by atoms with Gasteiger partial charge in [0.2, 0.25) is 5.91 Å². The van der Waals surface area contributed by atoms with Gasteiger partial charge in [-0.3, -0.25) is 9.48 Å². The molecule has 1 saturated heterocycles. The van der Waals surface area contributed by atoms with E-state index in [0.717, 1.165) is 35.2 Å². The van der Waals surface area contributed by atoms with Gasteiger partial charge in [0.1, 0.15) is 0 Å². The first-order valence-electron chi connectivity index (χ1n) is 9.30. The predicted octanol–water partition coefficient (Wildman–Crippen LogP) is 3.31. The van der Waals surface area contributed by atoms with Crippen molar-refractivity contribution in [1.82, 2.24) is 14.7 Å². The van der Waals surface area contributed by atoms with Gasteiger partial charge >= 0.3 is 0 Å². The van der Waals surface area contributed by atoms with Gasteiger partial charge < -0.3 is 10.2 Å². The lowest BCUT2D eigenvalue weighted by molar-refractivity contribution is -0.115. The number of rotatable bonds is 6. The van der Waals surface area contributed by atoms with Gasteiger partial charge in [0, 0.05) is 17.6 Å². The summed E-state index contributed by atoms with van der Waals surface area (Å²) in [5.74, 6) is -0.00122. The molecule has 0 saturated carbocycles. The van der Waals surface area contributed by atoms with Crippen molar-refractivity contribution in [3.05, 3.63) is 60.3 Å². The van der Waals surface area contributed by atoms with Crippen molar-refractivity contribution < 1.29 is 4.79 Å². The zero-order chi connectivity index (χ0) is 17.8. The topological polar surface area (TPSA) is 50.2 Å². The van der Waals surface area contributed by atoms with E-state index in [2.05, 4.69) is 15.3 Å². The quantitative estimate of drug-likeness (QED) is 0.743. The highest BCUT2D eigenvalue weighted by Crippen LogP contribution is 2.20. The van der Waals surface area contributed by atoms with Gasteiger partial charge in [-0.2, -0.15) is 5.10 Å². The first kappa shape index (κ1) is 16.8. The number of likely N-dealkylation sites (tertiary alicyclic amines) is 1. The van der Waals surface area contributed by atoms with Crippen LogP contribution in [0, 0.1) is 0 Å². The standard InChI is InChI=1S/C21H24N4O/c26-21(14-17-6-2-1-3-7-17)23-19-9-8-18-16-22-25(20(18)15-19)13-12-24-10-4-5-11-24/h1-3,6-9,15-16H,4-5,10-14H2,(H,23,26). The monoisotopic (exact) mass is 348 g/mol. The molecule has 1 fully saturated rings. The maximum Gasteiger partial charge on any atom is 0.228 e. The molecule has 2 heterocycles. The van der Waals surface area contributed by atoms with E-state index in [1.165, 1.54) is 25.9 Å². The normalized spacial score (nSPS) is 14.8. The number of carbonyl (C=O) groups is 1. The lowest BCUT2D eigenvalue weighted by atomic mass is 10.1. The molecule has 5 nitrogen and oxygen atoms in total. The Balaban J connectivity index is 1.44. The molecular formula is C21H24N4O. The zero-order valence-corrected chi connectivity index (χ0v) is 14.9. The van der Waals surface area contributed by atoms with E-state index in [-0.39, 0.29) is 5.91 Å². The van der Waals surface area contributed by atoms with Gasteiger partial charge in [-0.25, -0.2) is 0 Å². The predicted molar refractivity (Wildman–Crippen MR) is 104 cm³/mol. The second-order valence-electron chi connectivity index (χ2n) is 6.90. The largest absolute Gasteiger partial charge is 0.326 e. The fraction of sp³-hybridized carbons (Fsp3) is 0.333. The average Bonchev–Trinajstić information content (AvgIpc) is 3.30. The molecule has 0 unspecified atom stereocenters. The molecule has 134 valence electrons. The summed E-state index contributed by atoms with van der Waals surface area (Å²) >= 11 is 0. The minimum atomic E-state index is -0.00122. The highest BCUT2D eigenvalue weighted by Gasteiger charge is 2.12. The summed E-state index contributed by atoms with van der Waals surface area (Å²) in [6.45, 7) is 4.30. The Labute approximate surface area is 153 Å². The third-order valence-corrected chi connectivity index (χ3v) is 4.96. The van der Waals surface area contributed by atoms with Crippen LogP contribution in [0.3, 0.4) is 0 Å². The Kier molecular flexibility index (Phi) is 4.97. The van der Waals surface area contributed by atoms with Crippen molar-refractivity contribution in [2.75, 3.05) is 25.0 Å². The fourth-order valence-corrected chi connectivity index (χ4v) is 3.56. The SMILES string of the molecule is O=C(Cc1ccccc1)Nc1ccc2cnn(CCN3CCCC3)c2c1. The number of fused-ring (bicyclic) bond motifs is 1. The van der Waals surface area contributed by atoms with Gasteiger partial charge in [-0.15, -0.1) is 0 Å². The number of hydrogen-bond donors (Lipinski definition) is 1. The van der Waals surface area contributed by atoms with Crippen LogP contribution in [0.25, 0.3) is 10.9 Å². The van der Waals surface area contributed by atoms with E-state index >= 15 is 0 Å². The number of nitrogens with zero attached hydrogens (tertiary/aromatic N) is 3. The molecule has 5 heteroatoms. The molecule has 4 rings (SSSR count). The Morgan fingerprint density at radius 1 is 1.04 bits per heavy atom. The summed E-state index contributed by atoms with van der Waals surface area (Å²) in [7, 11) is 0. The minimum Gasteiger partial charge on any atom is -0.326 e. The lowest BCUT2D eigenvalue weighted by Crippen LogP contribution is -2.24. The molecule has 1 aromatic heterocycles. The molecule has 3 aromatic rings. The second-order valence-corrected chi connectivity index (χ2v) is 6.90. The molecule has 0 radical (unpaired) electrons. The maximum absolute atomic E-state index is 12.3. The van der Waals surface area contributed by atoms with Crippen LogP contribution in [0.1, 0.15) is 18.4 Å². The first-order valence-corrected chi connectivity index (χ1v) is 9.30. The van der Waals surface area contributed by atoms with Crippen LogP contribution < -0.4 is 5.32 Å². The first-order chi connectivity index (χ1) is 12.8. The highest BCUT2D eigenvalue weighted by molar-refractivity contribution is 5.94. The number of nitrogens with one attached hydrogen (secondary N) is 1. The van der Waals surface area contributed by atoms with Crippen molar-refractivity contribution in [3.8, 4) is 0 Å². The van der Waals surface area contributed by atoms with Crippen molar-refractivity contribution in [2.45, 2.75) is 25.8 Å². The average molecular weight is 348 g/mol. The number of carbonyl (C=O) groups excluding carboxylic acids is 1. The van der Waals surface area contributed by atoms with Crippen molar-refractivity contribution in [3.63, 3.8) is 0 Å². The van der Waals surface area contributed by atoms with Gasteiger partial charge in [-0.1, -0.05) is 30.3 Å². The Bertz CT molecular complexity index is 881. The lowest BCUT2D eigenvalue weighted by Gasteiger charge is -2.14. The molecule has 0 atom stereocenters. The van der Waals surface area contributed by atoms with E-state index in [1.54, 1.807) is 0 Å². The number of hydrogen-bond acceptors (Lipinski definition) is 3. The molecule has 0 bridgehead atoms. The third kappa shape index (κ3) is 3.94. The molecule has 2 aromatic carbocycles. The number of aromatic nitrogens is 2. The van der Waals surface area contributed by atoms with Gasteiger partial charge in [-0.05, 0) is 49.7 Å². The molecule has 26 heavy (non-hydrogen) atoms. The van der Waals surface area contributed by atoms with Crippen LogP contribution in [0.5, 0.6) is 0 Å². The Hall–Kier alpha value is -2.66. The number of amides is 1. The summed E-state index contributed by atoms with van der Waals surface area (Å²) in [5.41, 5.74) is 2.91. The summed E-state index contributed by atoms with van der Waals surface area (Å²) < 4.78 is 2.04. The summed E-state index contributed by atoms with van der Waals surface area (Å²) in [6, 6.07) is 15.8. The zero-order valence-electron chi connectivity index (χ0n) is 14.9. The number of anilines is 1. The van der Waals surface area contributed by atoms with Gasteiger partial charge in [0.25, 0.3) is 0 Å². The summed E-state index contributed by atoms with van der Waals surface area (Å²) in [4.78, 5) is 14.8. The third-order valence-electron chi connectivity index (χ3n) is 4.96. The fourth-order valence-electron chi connectivity index (χ4n) is 3.56. The van der Waals surface area contributed by atoms with Crippen LogP contribution in [0.15, 0.2) is 54.7 Å². The van der Waals surface area contributed by atoms with E-state index < -0.39 is 0 Å². The summed E-state index contributed by atoms with van der Waals surface area (Å²) in [5, 5.41) is 8.63. The molecule has 0 spiro atoms.